The molecule has 0 aliphatic heterocycles. The summed E-state index contributed by atoms with van der Waals surface area (Å²) >= 11 is 0.751. The molecule has 0 atom stereocenters. The Morgan fingerprint density at radius 1 is 0.619 bits per heavy atom. The molecule has 2 fully saturated rings. The van der Waals surface area contributed by atoms with Gasteiger partial charge in [0, 0.05) is 0 Å². The van der Waals surface area contributed by atoms with Crippen molar-refractivity contribution in [3.8, 4) is 20.0 Å². The summed E-state index contributed by atoms with van der Waals surface area (Å²) < 4.78 is 3.80. The standard InChI is InChI=1S/C20H24OSe.C19H24Se/c1-2-3-15-4-6-16(7-5-15)17-8-10-18(11-9-17)20-13-12-19(14-21)22-20;1-2-4-15-6-8-16(9-7-15)17-10-12-18(13-11-17)19-5-3-14-20-19/h8-16H,2-7H2,1H3;3,5,10-16H,2,4,6-9H2,1H3. The molecule has 0 unspecified atom stereocenters. The second kappa shape index (κ2) is 16.3. The quantitative estimate of drug-likeness (QED) is 0.126. The summed E-state index contributed by atoms with van der Waals surface area (Å²) in [6.07, 6.45) is 17.7. The van der Waals surface area contributed by atoms with Crippen molar-refractivity contribution in [3.05, 3.63) is 93.3 Å². The minimum absolute atomic E-state index is 0.196. The van der Waals surface area contributed by atoms with Gasteiger partial charge in [0.05, 0.1) is 0 Å². The molecular weight excluding hydrogens is 642 g/mol. The average Bonchev–Trinajstić information content (AvgIpc) is 3.76. The van der Waals surface area contributed by atoms with Crippen LogP contribution in [0.3, 0.4) is 0 Å². The van der Waals surface area contributed by atoms with Crippen LogP contribution >= 0.6 is 0 Å². The molecule has 2 aliphatic carbocycles. The summed E-state index contributed by atoms with van der Waals surface area (Å²) in [5.74, 6) is 3.56. The summed E-state index contributed by atoms with van der Waals surface area (Å²) in [5, 5.41) is 0. The van der Waals surface area contributed by atoms with E-state index in [1.807, 2.05) is 6.07 Å². The van der Waals surface area contributed by atoms with E-state index in [0.717, 1.165) is 34.4 Å². The van der Waals surface area contributed by atoms with Crippen LogP contribution < -0.4 is 0 Å². The first-order chi connectivity index (χ1) is 20.7. The normalized spacial score (nSPS) is 22.2. The van der Waals surface area contributed by atoms with E-state index in [1.54, 1.807) is 5.56 Å². The molecule has 2 aromatic carbocycles. The van der Waals surface area contributed by atoms with Crippen LogP contribution in [0.5, 0.6) is 0 Å². The Morgan fingerprint density at radius 2 is 1.12 bits per heavy atom. The monoisotopic (exact) mass is 692 g/mol. The van der Waals surface area contributed by atoms with Gasteiger partial charge in [-0.15, -0.1) is 0 Å². The molecule has 2 aliphatic rings. The van der Waals surface area contributed by atoms with Crippen LogP contribution in [0.2, 0.25) is 0 Å². The molecule has 2 aromatic heterocycles. The maximum atomic E-state index is 10.8. The van der Waals surface area contributed by atoms with Crippen LogP contribution in [-0.2, 0) is 0 Å². The van der Waals surface area contributed by atoms with Gasteiger partial charge in [-0.05, 0) is 0 Å². The first kappa shape index (κ1) is 31.5. The van der Waals surface area contributed by atoms with Crippen molar-refractivity contribution in [1.82, 2.24) is 0 Å². The Bertz CT molecular complexity index is 1320. The minimum atomic E-state index is 0.196. The third kappa shape index (κ3) is 8.60. The van der Waals surface area contributed by atoms with Gasteiger partial charge < -0.3 is 0 Å². The third-order valence-corrected chi connectivity index (χ3v) is 13.8. The van der Waals surface area contributed by atoms with Crippen LogP contribution in [0.25, 0.3) is 20.0 Å². The van der Waals surface area contributed by atoms with Crippen LogP contribution in [-0.4, -0.2) is 35.3 Å². The van der Waals surface area contributed by atoms with E-state index in [9.17, 15) is 4.79 Å². The molecule has 0 spiro atoms. The number of benzene rings is 2. The zero-order chi connectivity index (χ0) is 29.1. The number of rotatable bonds is 9. The number of hydrogen-bond donors (Lipinski definition) is 0. The van der Waals surface area contributed by atoms with Crippen molar-refractivity contribution in [2.24, 2.45) is 11.8 Å². The molecule has 0 bridgehead atoms. The van der Waals surface area contributed by atoms with Crippen LogP contribution in [0.4, 0.5) is 0 Å². The van der Waals surface area contributed by atoms with E-state index >= 15 is 0 Å². The Labute approximate surface area is 266 Å². The molecule has 42 heavy (non-hydrogen) atoms. The van der Waals surface area contributed by atoms with E-state index in [2.05, 4.69) is 85.5 Å². The van der Waals surface area contributed by atoms with Gasteiger partial charge in [0.15, 0.2) is 0 Å². The number of aldehydes is 1. The Morgan fingerprint density at radius 3 is 1.52 bits per heavy atom. The van der Waals surface area contributed by atoms with E-state index in [-0.39, 0.29) is 14.5 Å². The maximum absolute atomic E-state index is 10.8. The number of hydrogen-bond acceptors (Lipinski definition) is 1. The molecule has 0 amide bonds. The molecule has 0 N–H and O–H groups in total. The number of carbonyl (C=O) groups is 1. The van der Waals surface area contributed by atoms with Crippen molar-refractivity contribution in [3.63, 3.8) is 0 Å². The molecule has 3 heteroatoms. The Balaban J connectivity index is 0.000000169. The number of carbonyl (C=O) groups excluding carboxylic acids is 1. The predicted molar refractivity (Wildman–Crippen MR) is 182 cm³/mol. The van der Waals surface area contributed by atoms with Crippen LogP contribution in [0.15, 0.2) is 77.7 Å². The summed E-state index contributed by atoms with van der Waals surface area (Å²) in [7, 11) is 0. The topological polar surface area (TPSA) is 17.1 Å². The Kier molecular flexibility index (Phi) is 12.2. The van der Waals surface area contributed by atoms with Gasteiger partial charge in [0.25, 0.3) is 0 Å². The fraction of sp³-hybridized carbons (Fsp3) is 0.462. The molecule has 2 heterocycles. The van der Waals surface area contributed by atoms with Crippen LogP contribution in [0, 0.1) is 11.8 Å². The molecule has 1 nitrogen and oxygen atoms in total. The molecule has 6 rings (SSSR count). The first-order valence-corrected chi connectivity index (χ1v) is 20.0. The summed E-state index contributed by atoms with van der Waals surface area (Å²) in [6.45, 7) is 4.62. The summed E-state index contributed by atoms with van der Waals surface area (Å²) in [6, 6.07) is 27.1. The average molecular weight is 691 g/mol. The second-order valence-electron chi connectivity index (χ2n) is 12.6. The van der Waals surface area contributed by atoms with Gasteiger partial charge in [0.1, 0.15) is 0 Å². The van der Waals surface area contributed by atoms with Gasteiger partial charge in [-0.2, -0.15) is 0 Å². The van der Waals surface area contributed by atoms with Gasteiger partial charge >= 0.3 is 268 Å². The van der Waals surface area contributed by atoms with E-state index in [4.69, 9.17) is 0 Å². The van der Waals surface area contributed by atoms with Crippen molar-refractivity contribution < 1.29 is 4.79 Å². The molecule has 222 valence electrons. The van der Waals surface area contributed by atoms with E-state index in [1.165, 1.54) is 103 Å². The van der Waals surface area contributed by atoms with Gasteiger partial charge in [0.2, 0.25) is 0 Å². The SMILES string of the molecule is CCCC1CCC(c2ccc(-c3ccc(C=O)[se]3)cc2)CC1.CCCC1CCC(c2ccc(-c3ccc[se]3)cc2)CC1. The molecular formula is C39H48OSe2. The summed E-state index contributed by atoms with van der Waals surface area (Å²) in [4.78, 5) is 13.1. The van der Waals surface area contributed by atoms with Gasteiger partial charge in [-0.25, -0.2) is 0 Å². The van der Waals surface area contributed by atoms with Crippen molar-refractivity contribution in [2.45, 2.75) is 103 Å². The fourth-order valence-electron chi connectivity index (χ4n) is 7.24. The zero-order valence-corrected chi connectivity index (χ0v) is 29.0. The predicted octanol–water partition coefficient (Wildman–Crippen LogP) is 10.8. The molecule has 0 radical (unpaired) electrons. The fourth-order valence-corrected chi connectivity index (χ4v) is 10.5. The van der Waals surface area contributed by atoms with E-state index < -0.39 is 0 Å². The molecule has 0 saturated heterocycles. The van der Waals surface area contributed by atoms with Crippen molar-refractivity contribution in [2.75, 3.05) is 0 Å². The van der Waals surface area contributed by atoms with Crippen LogP contribution in [0.1, 0.15) is 123 Å². The zero-order valence-electron chi connectivity index (χ0n) is 25.6. The second-order valence-corrected chi connectivity index (χ2v) is 16.9. The van der Waals surface area contributed by atoms with Gasteiger partial charge in [-0.3, -0.25) is 0 Å². The van der Waals surface area contributed by atoms with Gasteiger partial charge in [-0.1, -0.05) is 0 Å². The van der Waals surface area contributed by atoms with Crippen molar-refractivity contribution in [1.29, 1.82) is 0 Å². The van der Waals surface area contributed by atoms with Crippen molar-refractivity contribution >= 4 is 35.3 Å². The third-order valence-electron chi connectivity index (χ3n) is 9.68. The molecule has 2 saturated carbocycles. The molecule has 4 aromatic rings. The first-order valence-electron chi connectivity index (χ1n) is 16.5. The Hall–Kier alpha value is -1.89. The van der Waals surface area contributed by atoms with E-state index in [0.29, 0.717) is 14.5 Å². The summed E-state index contributed by atoms with van der Waals surface area (Å²) in [5.41, 5.74) is 5.80.